The number of ether oxygens (including phenoxy) is 2. The lowest BCUT2D eigenvalue weighted by atomic mass is 9.98. The van der Waals surface area contributed by atoms with Gasteiger partial charge in [0.05, 0.1) is 28.9 Å². The van der Waals surface area contributed by atoms with Crippen LogP contribution in [0.25, 0.3) is 5.70 Å². The third kappa shape index (κ3) is 7.78. The molecule has 1 fully saturated rings. The Kier molecular flexibility index (Phi) is 10.5. The van der Waals surface area contributed by atoms with E-state index in [1.54, 1.807) is 27.2 Å². The molecule has 0 spiro atoms. The molecule has 0 saturated heterocycles. The average Bonchev–Trinajstić information content (AvgIpc) is 2.70. The van der Waals surface area contributed by atoms with Crippen molar-refractivity contribution >= 4 is 18.3 Å². The lowest BCUT2D eigenvalue weighted by Crippen LogP contribution is -2.33. The van der Waals surface area contributed by atoms with Crippen LogP contribution >= 0.6 is 0 Å². The molecule has 0 aliphatic heterocycles. The molecule has 1 aliphatic rings. The van der Waals surface area contributed by atoms with Gasteiger partial charge in [-0.25, -0.2) is 15.6 Å². The number of nitrogens with zero attached hydrogens (tertiary/aromatic N) is 3. The van der Waals surface area contributed by atoms with Crippen molar-refractivity contribution in [2.45, 2.75) is 45.1 Å². The van der Waals surface area contributed by atoms with E-state index in [0.29, 0.717) is 17.1 Å². The Hall–Kier alpha value is -3.01. The van der Waals surface area contributed by atoms with Crippen LogP contribution < -0.4 is 16.3 Å². The van der Waals surface area contributed by atoms with Crippen LogP contribution in [0.3, 0.4) is 0 Å². The van der Waals surface area contributed by atoms with Crippen LogP contribution in [0, 0.1) is 6.92 Å². The molecule has 0 radical (unpaired) electrons. The van der Waals surface area contributed by atoms with Crippen LogP contribution in [0.5, 0.6) is 5.75 Å². The molecule has 1 amide bonds. The second-order valence-electron chi connectivity index (χ2n) is 7.18. The zero-order valence-corrected chi connectivity index (χ0v) is 18.1. The highest BCUT2D eigenvalue weighted by Crippen LogP contribution is 2.26. The third-order valence-electron chi connectivity index (χ3n) is 4.59. The van der Waals surface area contributed by atoms with Crippen molar-refractivity contribution < 1.29 is 24.2 Å². The molecule has 0 unspecified atom stereocenters. The van der Waals surface area contributed by atoms with Gasteiger partial charge in [-0.15, -0.1) is 0 Å². The number of carboxylic acid groups (broad SMARTS) is 1. The number of aryl methyl sites for hydroxylation is 1. The van der Waals surface area contributed by atoms with Gasteiger partial charge in [0.2, 0.25) is 0 Å². The molecule has 5 N–H and O–H groups in total. The van der Waals surface area contributed by atoms with Crippen molar-refractivity contribution in [2.24, 2.45) is 11.6 Å². The quantitative estimate of drug-likeness (QED) is 0.355. The van der Waals surface area contributed by atoms with E-state index < -0.39 is 6.09 Å². The van der Waals surface area contributed by atoms with Gasteiger partial charge in [-0.1, -0.05) is 6.42 Å². The highest BCUT2D eigenvalue weighted by atomic mass is 16.6. The molecular formula is C20H33N5O5. The summed E-state index contributed by atoms with van der Waals surface area (Å²) in [6.07, 6.45) is 5.67. The summed E-state index contributed by atoms with van der Waals surface area (Å²) >= 11 is 0. The minimum absolute atomic E-state index is 0.0447. The summed E-state index contributed by atoms with van der Waals surface area (Å²) in [5, 5.41) is 8.22. The number of carbonyl (C=O) groups is 2. The summed E-state index contributed by atoms with van der Waals surface area (Å²) < 4.78 is 11.3. The first-order chi connectivity index (χ1) is 14.2. The first-order valence-corrected chi connectivity index (χ1v) is 9.74. The van der Waals surface area contributed by atoms with Crippen LogP contribution in [0.4, 0.5) is 4.79 Å². The minimum Gasteiger partial charge on any atom is -0.489 e. The highest BCUT2D eigenvalue weighted by molar-refractivity contribution is 5.68. The van der Waals surface area contributed by atoms with E-state index in [4.69, 9.17) is 31.0 Å². The monoisotopic (exact) mass is 423 g/mol. The molecule has 0 aromatic carbocycles. The number of carbonyl (C=O) groups excluding carboxylic acids is 1. The molecule has 30 heavy (non-hydrogen) atoms. The van der Waals surface area contributed by atoms with E-state index in [-0.39, 0.29) is 19.2 Å². The van der Waals surface area contributed by atoms with E-state index in [1.165, 1.54) is 29.2 Å². The number of nitrogens with two attached hydrogens (primary N) is 2. The SMILES string of the molecule is Cc1nc(/C(N)=C(\COC(=O)N(C)C)N(C)N)ccc1OC1CCCCC1.O=CO. The van der Waals surface area contributed by atoms with Gasteiger partial charge in [0, 0.05) is 21.1 Å². The summed E-state index contributed by atoms with van der Waals surface area (Å²) in [7, 11) is 4.85. The number of pyridine rings is 1. The predicted molar refractivity (Wildman–Crippen MR) is 113 cm³/mol. The Morgan fingerprint density at radius 1 is 1.27 bits per heavy atom. The molecule has 1 aliphatic carbocycles. The number of amides is 1. The Balaban J connectivity index is 0.00000141. The number of hydrogen-bond acceptors (Lipinski definition) is 8. The number of aromatic nitrogens is 1. The van der Waals surface area contributed by atoms with Gasteiger partial charge in [-0.2, -0.15) is 0 Å². The van der Waals surface area contributed by atoms with Gasteiger partial charge in [-0.3, -0.25) is 4.79 Å². The predicted octanol–water partition coefficient (Wildman–Crippen LogP) is 1.93. The van der Waals surface area contributed by atoms with Gasteiger partial charge in [0.1, 0.15) is 12.4 Å². The molecule has 10 nitrogen and oxygen atoms in total. The van der Waals surface area contributed by atoms with Crippen molar-refractivity contribution in [3.05, 3.63) is 29.2 Å². The largest absolute Gasteiger partial charge is 0.489 e. The van der Waals surface area contributed by atoms with E-state index in [1.807, 2.05) is 13.0 Å². The van der Waals surface area contributed by atoms with Crippen LogP contribution in [-0.4, -0.2) is 66.4 Å². The first-order valence-electron chi connectivity index (χ1n) is 9.74. The van der Waals surface area contributed by atoms with Gasteiger partial charge >= 0.3 is 6.09 Å². The molecular weight excluding hydrogens is 390 g/mol. The molecule has 0 bridgehead atoms. The van der Waals surface area contributed by atoms with Crippen molar-refractivity contribution in [1.29, 1.82) is 0 Å². The molecule has 1 heterocycles. The summed E-state index contributed by atoms with van der Waals surface area (Å²) in [6.45, 7) is 1.60. The summed E-state index contributed by atoms with van der Waals surface area (Å²) in [6, 6.07) is 3.69. The molecule has 1 saturated carbocycles. The fourth-order valence-corrected chi connectivity index (χ4v) is 2.96. The number of rotatable bonds is 6. The Morgan fingerprint density at radius 2 is 1.87 bits per heavy atom. The number of hydrazine groups is 1. The Labute approximate surface area is 177 Å². The summed E-state index contributed by atoms with van der Waals surface area (Å²) in [4.78, 5) is 25.9. The molecule has 0 atom stereocenters. The zero-order chi connectivity index (χ0) is 22.7. The van der Waals surface area contributed by atoms with E-state index in [0.717, 1.165) is 24.3 Å². The smallest absolute Gasteiger partial charge is 0.409 e. The molecule has 1 aromatic rings. The number of likely N-dealkylation sites (N-methyl/N-ethyl adjacent to an activating group) is 1. The molecule has 10 heteroatoms. The molecule has 1 aromatic heterocycles. The fourth-order valence-electron chi connectivity index (χ4n) is 2.96. The van der Waals surface area contributed by atoms with Crippen LogP contribution in [0.15, 0.2) is 17.8 Å². The van der Waals surface area contributed by atoms with E-state index >= 15 is 0 Å². The molecule has 2 rings (SSSR count). The lowest BCUT2D eigenvalue weighted by molar-refractivity contribution is -0.122. The number of hydrogen-bond donors (Lipinski definition) is 3. The van der Waals surface area contributed by atoms with Crippen LogP contribution in [0.2, 0.25) is 0 Å². The van der Waals surface area contributed by atoms with Crippen molar-refractivity contribution in [1.82, 2.24) is 14.9 Å². The maximum atomic E-state index is 11.7. The normalized spacial score (nSPS) is 14.6. The zero-order valence-electron chi connectivity index (χ0n) is 18.1. The second kappa shape index (κ2) is 12.5. The topological polar surface area (TPSA) is 144 Å². The van der Waals surface area contributed by atoms with Gasteiger partial charge in [0.15, 0.2) is 0 Å². The first kappa shape index (κ1) is 25.0. The second-order valence-corrected chi connectivity index (χ2v) is 7.18. The van der Waals surface area contributed by atoms with Crippen molar-refractivity contribution in [2.75, 3.05) is 27.7 Å². The van der Waals surface area contributed by atoms with Crippen LogP contribution in [-0.2, 0) is 9.53 Å². The van der Waals surface area contributed by atoms with Crippen molar-refractivity contribution in [3.63, 3.8) is 0 Å². The summed E-state index contributed by atoms with van der Waals surface area (Å²) in [5.41, 5.74) is 8.42. The Bertz CT molecular complexity index is 730. The minimum atomic E-state index is -0.470. The standard InChI is InChI=1S/C19H31N5O3.CH2O2/c1-13-17(27-14-8-6-5-7-9-14)11-10-15(22-13)18(20)16(24(4)21)12-26-19(25)23(2)3;2-1-3/h10-11,14H,5-9,12,20-21H2,1-4H3;1H,(H,2,3)/b18-16-;. The lowest BCUT2D eigenvalue weighted by Gasteiger charge is -2.24. The molecule has 168 valence electrons. The van der Waals surface area contributed by atoms with Gasteiger partial charge in [0.25, 0.3) is 6.47 Å². The highest BCUT2D eigenvalue weighted by Gasteiger charge is 2.18. The fraction of sp³-hybridized carbons (Fsp3) is 0.550. The van der Waals surface area contributed by atoms with Gasteiger partial charge < -0.3 is 30.2 Å². The average molecular weight is 424 g/mol. The maximum absolute atomic E-state index is 11.7. The Morgan fingerprint density at radius 3 is 2.37 bits per heavy atom. The van der Waals surface area contributed by atoms with Gasteiger partial charge in [-0.05, 0) is 44.7 Å². The van der Waals surface area contributed by atoms with Crippen molar-refractivity contribution in [3.8, 4) is 5.75 Å². The maximum Gasteiger partial charge on any atom is 0.409 e. The van der Waals surface area contributed by atoms with E-state index in [9.17, 15) is 4.79 Å². The van der Waals surface area contributed by atoms with Crippen LogP contribution in [0.1, 0.15) is 43.5 Å². The van der Waals surface area contributed by atoms with E-state index in [2.05, 4.69) is 4.98 Å². The summed E-state index contributed by atoms with van der Waals surface area (Å²) in [5.74, 6) is 6.64. The third-order valence-corrected chi connectivity index (χ3v) is 4.59.